The third-order valence-electron chi connectivity index (χ3n) is 2.74. The minimum absolute atomic E-state index is 0.0270. The van der Waals surface area contributed by atoms with Crippen LogP contribution in [0.25, 0.3) is 0 Å². The van der Waals surface area contributed by atoms with Crippen LogP contribution in [0.5, 0.6) is 0 Å². The molecule has 1 rings (SSSR count). The molecule has 2 atom stereocenters. The number of hydrogen-bond acceptors (Lipinski definition) is 5. The fourth-order valence-electron chi connectivity index (χ4n) is 1.67. The monoisotopic (exact) mass is 273 g/mol. The molecule has 0 radical (unpaired) electrons. The second kappa shape index (κ2) is 6.89. The Balaban J connectivity index is 2.42. The van der Waals surface area contributed by atoms with Crippen molar-refractivity contribution in [1.29, 1.82) is 0 Å². The van der Waals surface area contributed by atoms with Crippen LogP contribution in [0.1, 0.15) is 33.1 Å². The van der Waals surface area contributed by atoms with E-state index < -0.39 is 6.10 Å². The van der Waals surface area contributed by atoms with Gasteiger partial charge in [-0.25, -0.2) is 0 Å². The Morgan fingerprint density at radius 1 is 1.56 bits per heavy atom. The van der Waals surface area contributed by atoms with Crippen LogP contribution in [-0.2, 0) is 14.4 Å². The molecule has 5 nitrogen and oxygen atoms in total. The van der Waals surface area contributed by atoms with E-state index in [0.29, 0.717) is 12.2 Å². The first-order valence-corrected chi connectivity index (χ1v) is 7.10. The molecular formula is C12H19NO4S. The summed E-state index contributed by atoms with van der Waals surface area (Å²) >= 11 is 1.41. The Bertz CT molecular complexity index is 343. The maximum atomic E-state index is 11.9. The summed E-state index contributed by atoms with van der Waals surface area (Å²) in [6.45, 7) is 3.34. The first-order chi connectivity index (χ1) is 8.41. The molecule has 0 aromatic carbocycles. The maximum Gasteiger partial charge on any atom is 0.242 e. The smallest absolute Gasteiger partial charge is 0.242 e. The molecule has 6 heteroatoms. The molecule has 0 saturated carbocycles. The molecule has 0 aliphatic carbocycles. The van der Waals surface area contributed by atoms with E-state index >= 15 is 0 Å². The number of ketones is 1. The van der Waals surface area contributed by atoms with E-state index in [-0.39, 0.29) is 42.2 Å². The van der Waals surface area contributed by atoms with E-state index in [1.165, 1.54) is 23.6 Å². The fourth-order valence-corrected chi connectivity index (χ4v) is 2.96. The van der Waals surface area contributed by atoms with Gasteiger partial charge in [0.05, 0.1) is 11.4 Å². The molecule has 0 bridgehead atoms. The molecule has 2 amide bonds. The van der Waals surface area contributed by atoms with Crippen molar-refractivity contribution in [3.05, 3.63) is 0 Å². The fraction of sp³-hybridized carbons (Fsp3) is 0.750. The standard InChI is InChI=1S/C12H19NO4S/c1-8(14)3-5-13-11(16)7-10(12(13)17)18-6-4-9(2)15/h9-10,15H,3-7H2,1-2H3. The Morgan fingerprint density at radius 3 is 2.78 bits per heavy atom. The number of aliphatic hydroxyl groups excluding tert-OH is 1. The van der Waals surface area contributed by atoms with E-state index in [1.807, 2.05) is 0 Å². The molecule has 2 unspecified atom stereocenters. The number of carbonyl (C=O) groups excluding carboxylic acids is 3. The third-order valence-corrected chi connectivity index (χ3v) is 3.99. The number of aliphatic hydroxyl groups is 1. The van der Waals surface area contributed by atoms with Crippen molar-refractivity contribution in [2.45, 2.75) is 44.5 Å². The highest BCUT2D eigenvalue weighted by Gasteiger charge is 2.38. The van der Waals surface area contributed by atoms with Crippen LogP contribution >= 0.6 is 11.8 Å². The summed E-state index contributed by atoms with van der Waals surface area (Å²) in [6, 6.07) is 0. The van der Waals surface area contributed by atoms with E-state index in [0.717, 1.165) is 0 Å². The van der Waals surface area contributed by atoms with Crippen molar-refractivity contribution in [3.63, 3.8) is 0 Å². The molecular weight excluding hydrogens is 254 g/mol. The van der Waals surface area contributed by atoms with Gasteiger partial charge in [-0.3, -0.25) is 19.3 Å². The normalized spacial score (nSPS) is 21.5. The van der Waals surface area contributed by atoms with Crippen molar-refractivity contribution in [3.8, 4) is 0 Å². The van der Waals surface area contributed by atoms with Crippen molar-refractivity contribution in [2.24, 2.45) is 0 Å². The molecule has 1 aliphatic heterocycles. The molecule has 1 heterocycles. The summed E-state index contributed by atoms with van der Waals surface area (Å²) in [4.78, 5) is 35.6. The summed E-state index contributed by atoms with van der Waals surface area (Å²) in [5.41, 5.74) is 0. The van der Waals surface area contributed by atoms with E-state index in [1.54, 1.807) is 6.92 Å². The third kappa shape index (κ3) is 4.42. The van der Waals surface area contributed by atoms with Crippen molar-refractivity contribution >= 4 is 29.4 Å². The highest BCUT2D eigenvalue weighted by Crippen LogP contribution is 2.26. The summed E-state index contributed by atoms with van der Waals surface area (Å²) in [5, 5.41) is 8.78. The van der Waals surface area contributed by atoms with Crippen molar-refractivity contribution in [2.75, 3.05) is 12.3 Å². The number of Topliss-reactive ketones (excluding diaryl/α,β-unsaturated/α-hetero) is 1. The average molecular weight is 273 g/mol. The summed E-state index contributed by atoms with van der Waals surface area (Å²) in [7, 11) is 0. The van der Waals surface area contributed by atoms with Gasteiger partial charge in [-0.1, -0.05) is 0 Å². The zero-order chi connectivity index (χ0) is 13.7. The van der Waals surface area contributed by atoms with Crippen LogP contribution in [-0.4, -0.2) is 51.3 Å². The first-order valence-electron chi connectivity index (χ1n) is 6.05. The Kier molecular flexibility index (Phi) is 5.81. The van der Waals surface area contributed by atoms with Crippen molar-refractivity contribution in [1.82, 2.24) is 4.90 Å². The topological polar surface area (TPSA) is 74.7 Å². The summed E-state index contributed by atoms with van der Waals surface area (Å²) < 4.78 is 0. The second-order valence-corrected chi connectivity index (χ2v) is 5.85. The van der Waals surface area contributed by atoms with Crippen LogP contribution in [0.4, 0.5) is 0 Å². The van der Waals surface area contributed by atoms with E-state index in [2.05, 4.69) is 0 Å². The summed E-state index contributed by atoms with van der Waals surface area (Å²) in [5.74, 6) is 0.232. The predicted octanol–water partition coefficient (Wildman–Crippen LogP) is 0.597. The molecule has 1 fully saturated rings. The van der Waals surface area contributed by atoms with Crippen LogP contribution < -0.4 is 0 Å². The lowest BCUT2D eigenvalue weighted by Gasteiger charge is -2.13. The van der Waals surface area contributed by atoms with E-state index in [4.69, 9.17) is 5.11 Å². The summed E-state index contributed by atoms with van der Waals surface area (Å²) in [6.07, 6.45) is 0.651. The average Bonchev–Trinajstić information content (AvgIpc) is 2.51. The van der Waals surface area contributed by atoms with Gasteiger partial charge in [0.2, 0.25) is 11.8 Å². The van der Waals surface area contributed by atoms with Gasteiger partial charge >= 0.3 is 0 Å². The lowest BCUT2D eigenvalue weighted by Crippen LogP contribution is -2.33. The maximum absolute atomic E-state index is 11.9. The SMILES string of the molecule is CC(=O)CCN1C(=O)CC(SCCC(C)O)C1=O. The highest BCUT2D eigenvalue weighted by molar-refractivity contribution is 8.00. The van der Waals surface area contributed by atoms with Crippen LogP contribution in [0.3, 0.4) is 0 Å². The molecule has 0 spiro atoms. The van der Waals surface area contributed by atoms with Crippen LogP contribution in [0.2, 0.25) is 0 Å². The van der Waals surface area contributed by atoms with Gasteiger partial charge in [0, 0.05) is 19.4 Å². The second-order valence-electron chi connectivity index (χ2n) is 4.54. The number of likely N-dealkylation sites (tertiary alicyclic amines) is 1. The number of amides is 2. The van der Waals surface area contributed by atoms with Crippen LogP contribution in [0, 0.1) is 0 Å². The number of hydrogen-bond donors (Lipinski definition) is 1. The predicted molar refractivity (Wildman–Crippen MR) is 69.2 cm³/mol. The van der Waals surface area contributed by atoms with Gasteiger partial charge in [-0.15, -0.1) is 11.8 Å². The Hall–Kier alpha value is -0.880. The Morgan fingerprint density at radius 2 is 2.22 bits per heavy atom. The highest BCUT2D eigenvalue weighted by atomic mass is 32.2. The molecule has 1 N–H and O–H groups in total. The zero-order valence-corrected chi connectivity index (χ0v) is 11.5. The van der Waals surface area contributed by atoms with Crippen molar-refractivity contribution < 1.29 is 19.5 Å². The van der Waals surface area contributed by atoms with Crippen LogP contribution in [0.15, 0.2) is 0 Å². The quantitative estimate of drug-likeness (QED) is 0.687. The van der Waals surface area contributed by atoms with Gasteiger partial charge < -0.3 is 5.11 Å². The van der Waals surface area contributed by atoms with Gasteiger partial charge in [-0.2, -0.15) is 0 Å². The lowest BCUT2D eigenvalue weighted by atomic mass is 10.3. The molecule has 0 aromatic rings. The number of rotatable bonds is 7. The van der Waals surface area contributed by atoms with Gasteiger partial charge in [0.1, 0.15) is 5.78 Å². The number of imide groups is 1. The number of nitrogens with zero attached hydrogens (tertiary/aromatic N) is 1. The molecule has 102 valence electrons. The lowest BCUT2D eigenvalue weighted by molar-refractivity contribution is -0.138. The van der Waals surface area contributed by atoms with E-state index in [9.17, 15) is 14.4 Å². The van der Waals surface area contributed by atoms with Gasteiger partial charge in [0.25, 0.3) is 0 Å². The zero-order valence-electron chi connectivity index (χ0n) is 10.7. The Labute approximate surface area is 111 Å². The minimum Gasteiger partial charge on any atom is -0.393 e. The minimum atomic E-state index is -0.390. The van der Waals surface area contributed by atoms with Gasteiger partial charge in [0.15, 0.2) is 0 Å². The molecule has 0 aromatic heterocycles. The van der Waals surface area contributed by atoms with Gasteiger partial charge in [-0.05, 0) is 26.0 Å². The molecule has 18 heavy (non-hydrogen) atoms. The molecule has 1 aliphatic rings. The number of thioether (sulfide) groups is 1. The number of carbonyl (C=O) groups is 3. The first kappa shape index (κ1) is 15.2. The molecule has 1 saturated heterocycles. The largest absolute Gasteiger partial charge is 0.393 e.